The summed E-state index contributed by atoms with van der Waals surface area (Å²) < 4.78 is 18.1. The van der Waals surface area contributed by atoms with Crippen molar-refractivity contribution in [1.29, 1.82) is 0 Å². The Morgan fingerprint density at radius 3 is 2.67 bits per heavy atom. The Hall–Kier alpha value is -2.23. The van der Waals surface area contributed by atoms with Crippen LogP contribution < -0.4 is 0 Å². The zero-order valence-corrected chi connectivity index (χ0v) is 9.84. The van der Waals surface area contributed by atoms with Crippen LogP contribution in [0.1, 0.15) is 28.9 Å². The van der Waals surface area contributed by atoms with Gasteiger partial charge in [-0.2, -0.15) is 4.39 Å². The molecule has 0 saturated heterocycles. The lowest BCUT2D eigenvalue weighted by Gasteiger charge is -2.13. The Labute approximate surface area is 104 Å². The number of ether oxygens (including phenoxy) is 1. The predicted molar refractivity (Wildman–Crippen MR) is 64.5 cm³/mol. The van der Waals surface area contributed by atoms with E-state index in [0.717, 1.165) is 11.6 Å². The molecule has 1 unspecified atom stereocenters. The summed E-state index contributed by atoms with van der Waals surface area (Å²) >= 11 is 0. The first kappa shape index (κ1) is 12.2. The van der Waals surface area contributed by atoms with Gasteiger partial charge in [-0.3, -0.25) is 0 Å². The maximum Gasteiger partial charge on any atom is 0.338 e. The number of carbonyl (C=O) groups is 1. The Morgan fingerprint density at radius 1 is 1.28 bits per heavy atom. The van der Waals surface area contributed by atoms with Gasteiger partial charge < -0.3 is 4.74 Å². The van der Waals surface area contributed by atoms with Gasteiger partial charge in [-0.25, -0.2) is 9.78 Å². The minimum Gasteiger partial charge on any atom is -0.454 e. The van der Waals surface area contributed by atoms with Crippen LogP contribution in [-0.4, -0.2) is 11.0 Å². The number of hydrogen-bond acceptors (Lipinski definition) is 3. The van der Waals surface area contributed by atoms with Crippen molar-refractivity contribution in [2.24, 2.45) is 0 Å². The van der Waals surface area contributed by atoms with Crippen molar-refractivity contribution >= 4 is 5.97 Å². The van der Waals surface area contributed by atoms with E-state index in [9.17, 15) is 9.18 Å². The maximum atomic E-state index is 12.9. The van der Waals surface area contributed by atoms with Crippen molar-refractivity contribution in [1.82, 2.24) is 4.98 Å². The predicted octanol–water partition coefficient (Wildman–Crippen LogP) is 3.14. The quantitative estimate of drug-likeness (QED) is 0.616. The molecule has 0 aliphatic rings. The summed E-state index contributed by atoms with van der Waals surface area (Å²) in [5.41, 5.74) is 1.05. The third-order valence-corrected chi connectivity index (χ3v) is 2.52. The average molecular weight is 245 g/mol. The number of esters is 1. The maximum absolute atomic E-state index is 12.9. The Balaban J connectivity index is 2.08. The lowest BCUT2D eigenvalue weighted by atomic mass is 10.1. The molecule has 3 nitrogen and oxygen atoms in total. The number of benzene rings is 1. The molecule has 0 fully saturated rings. The topological polar surface area (TPSA) is 39.2 Å². The third kappa shape index (κ3) is 2.91. The van der Waals surface area contributed by atoms with Crippen LogP contribution in [0.25, 0.3) is 0 Å². The van der Waals surface area contributed by atoms with Crippen LogP contribution in [-0.2, 0) is 4.74 Å². The van der Waals surface area contributed by atoms with Crippen LogP contribution in [0, 0.1) is 5.95 Å². The Bertz CT molecular complexity index is 543. The number of rotatable bonds is 3. The van der Waals surface area contributed by atoms with Gasteiger partial charge >= 0.3 is 5.97 Å². The van der Waals surface area contributed by atoms with Crippen LogP contribution in [0.4, 0.5) is 4.39 Å². The highest BCUT2D eigenvalue weighted by molar-refractivity contribution is 5.89. The van der Waals surface area contributed by atoms with E-state index in [4.69, 9.17) is 4.74 Å². The largest absolute Gasteiger partial charge is 0.454 e. The molecular formula is C14H12FNO2. The molecule has 0 aliphatic heterocycles. The SMILES string of the molecule is CC(OC(=O)c1ccnc(F)c1)c1ccccc1. The van der Waals surface area contributed by atoms with Crippen molar-refractivity contribution in [2.75, 3.05) is 0 Å². The summed E-state index contributed by atoms with van der Waals surface area (Å²) in [6.07, 6.45) is 0.856. The standard InChI is InChI=1S/C14H12FNO2/c1-10(11-5-3-2-4-6-11)18-14(17)12-7-8-16-13(15)9-12/h2-10H,1H3. The van der Waals surface area contributed by atoms with Crippen LogP contribution >= 0.6 is 0 Å². The number of hydrogen-bond donors (Lipinski definition) is 0. The molecule has 0 saturated carbocycles. The van der Waals surface area contributed by atoms with Crippen LogP contribution in [0.15, 0.2) is 48.7 Å². The normalized spacial score (nSPS) is 11.9. The fourth-order valence-corrected chi connectivity index (χ4v) is 1.55. The number of pyridine rings is 1. The minimum absolute atomic E-state index is 0.158. The van der Waals surface area contributed by atoms with Gasteiger partial charge in [0, 0.05) is 12.3 Å². The molecule has 0 aliphatic carbocycles. The molecule has 1 atom stereocenters. The molecule has 92 valence electrons. The second-order valence-electron chi connectivity index (χ2n) is 3.83. The number of carbonyl (C=O) groups excluding carboxylic acids is 1. The highest BCUT2D eigenvalue weighted by Gasteiger charge is 2.14. The summed E-state index contributed by atoms with van der Waals surface area (Å²) in [6.45, 7) is 1.77. The van der Waals surface area contributed by atoms with E-state index < -0.39 is 11.9 Å². The van der Waals surface area contributed by atoms with Gasteiger partial charge in [0.2, 0.25) is 5.95 Å². The van der Waals surface area contributed by atoms with E-state index >= 15 is 0 Å². The number of nitrogens with zero attached hydrogens (tertiary/aromatic N) is 1. The molecule has 0 bridgehead atoms. The van der Waals surface area contributed by atoms with E-state index in [1.165, 1.54) is 12.3 Å². The fourth-order valence-electron chi connectivity index (χ4n) is 1.55. The lowest BCUT2D eigenvalue weighted by molar-refractivity contribution is 0.0337. The molecule has 0 N–H and O–H groups in total. The van der Waals surface area contributed by atoms with Gasteiger partial charge in [-0.1, -0.05) is 30.3 Å². The highest BCUT2D eigenvalue weighted by Crippen LogP contribution is 2.18. The zero-order chi connectivity index (χ0) is 13.0. The van der Waals surface area contributed by atoms with Crippen molar-refractivity contribution in [3.8, 4) is 0 Å². The van der Waals surface area contributed by atoms with Crippen LogP contribution in [0.5, 0.6) is 0 Å². The Morgan fingerprint density at radius 2 is 2.00 bits per heavy atom. The van der Waals surface area contributed by atoms with Gasteiger partial charge in [0.15, 0.2) is 0 Å². The average Bonchev–Trinajstić information content (AvgIpc) is 2.39. The third-order valence-electron chi connectivity index (χ3n) is 2.52. The molecule has 2 rings (SSSR count). The first-order chi connectivity index (χ1) is 8.66. The monoisotopic (exact) mass is 245 g/mol. The van der Waals surface area contributed by atoms with Crippen molar-refractivity contribution in [3.63, 3.8) is 0 Å². The van der Waals surface area contributed by atoms with E-state index in [2.05, 4.69) is 4.98 Å². The molecule has 0 radical (unpaired) electrons. The molecule has 1 aromatic carbocycles. The summed E-state index contributed by atoms with van der Waals surface area (Å²) in [5.74, 6) is -1.26. The minimum atomic E-state index is -0.697. The van der Waals surface area contributed by atoms with Crippen molar-refractivity contribution in [2.45, 2.75) is 13.0 Å². The van der Waals surface area contributed by atoms with Gasteiger partial charge in [0.1, 0.15) is 6.10 Å². The summed E-state index contributed by atoms with van der Waals surface area (Å²) in [5, 5.41) is 0. The number of aromatic nitrogens is 1. The molecule has 4 heteroatoms. The first-order valence-corrected chi connectivity index (χ1v) is 5.54. The number of halogens is 1. The van der Waals surface area contributed by atoms with Gasteiger partial charge in [0.05, 0.1) is 5.56 Å². The molecular weight excluding hydrogens is 233 g/mol. The lowest BCUT2D eigenvalue weighted by Crippen LogP contribution is -2.09. The van der Waals surface area contributed by atoms with E-state index in [0.29, 0.717) is 0 Å². The molecule has 18 heavy (non-hydrogen) atoms. The molecule has 0 spiro atoms. The molecule has 1 heterocycles. The van der Waals surface area contributed by atoms with Gasteiger partial charge in [-0.15, -0.1) is 0 Å². The summed E-state index contributed by atoms with van der Waals surface area (Å²) in [4.78, 5) is 15.1. The van der Waals surface area contributed by atoms with E-state index in [1.54, 1.807) is 6.92 Å². The molecule has 2 aromatic rings. The van der Waals surface area contributed by atoms with E-state index in [-0.39, 0.29) is 11.7 Å². The smallest absolute Gasteiger partial charge is 0.338 e. The zero-order valence-electron chi connectivity index (χ0n) is 9.84. The van der Waals surface area contributed by atoms with Gasteiger partial charge in [-0.05, 0) is 18.6 Å². The van der Waals surface area contributed by atoms with Crippen molar-refractivity contribution < 1.29 is 13.9 Å². The first-order valence-electron chi connectivity index (χ1n) is 5.54. The van der Waals surface area contributed by atoms with Gasteiger partial charge in [0.25, 0.3) is 0 Å². The second-order valence-corrected chi connectivity index (χ2v) is 3.83. The van der Waals surface area contributed by atoms with Crippen molar-refractivity contribution in [3.05, 3.63) is 65.7 Å². The molecule has 1 aromatic heterocycles. The van der Waals surface area contributed by atoms with Crippen LogP contribution in [0.2, 0.25) is 0 Å². The second kappa shape index (κ2) is 5.40. The van der Waals surface area contributed by atoms with Crippen LogP contribution in [0.3, 0.4) is 0 Å². The summed E-state index contributed by atoms with van der Waals surface area (Å²) in [6, 6.07) is 11.8. The fraction of sp³-hybridized carbons (Fsp3) is 0.143. The van der Waals surface area contributed by atoms with E-state index in [1.807, 2.05) is 30.3 Å². The highest BCUT2D eigenvalue weighted by atomic mass is 19.1. The molecule has 0 amide bonds. The summed E-state index contributed by atoms with van der Waals surface area (Å²) in [7, 11) is 0. The Kier molecular flexibility index (Phi) is 3.67.